The SMILES string of the molecule is O=[N+]([O-])c1cccn2nc(-c3ccc(F)c(F)c3)nc12. The van der Waals surface area contributed by atoms with Gasteiger partial charge in [-0.2, -0.15) is 0 Å². The van der Waals surface area contributed by atoms with Gasteiger partial charge in [-0.15, -0.1) is 5.10 Å². The van der Waals surface area contributed by atoms with E-state index >= 15 is 0 Å². The Kier molecular flexibility index (Phi) is 2.63. The van der Waals surface area contributed by atoms with Gasteiger partial charge in [-0.3, -0.25) is 10.1 Å². The molecule has 100 valence electrons. The zero-order valence-electron chi connectivity index (χ0n) is 9.83. The molecule has 0 bridgehead atoms. The number of hydrogen-bond acceptors (Lipinski definition) is 4. The Morgan fingerprint density at radius 1 is 1.20 bits per heavy atom. The molecule has 0 saturated heterocycles. The zero-order valence-corrected chi connectivity index (χ0v) is 9.83. The van der Waals surface area contributed by atoms with Crippen LogP contribution in [0.2, 0.25) is 0 Å². The highest BCUT2D eigenvalue weighted by molar-refractivity contribution is 5.64. The third-order valence-electron chi connectivity index (χ3n) is 2.72. The van der Waals surface area contributed by atoms with Crippen molar-refractivity contribution in [2.45, 2.75) is 0 Å². The second-order valence-corrected chi connectivity index (χ2v) is 3.98. The molecular weight excluding hydrogens is 270 g/mol. The van der Waals surface area contributed by atoms with Gasteiger partial charge in [-0.25, -0.2) is 18.3 Å². The van der Waals surface area contributed by atoms with E-state index in [1.165, 1.54) is 28.9 Å². The van der Waals surface area contributed by atoms with Gasteiger partial charge in [0.1, 0.15) is 0 Å². The van der Waals surface area contributed by atoms with Crippen LogP contribution in [0, 0.1) is 21.7 Å². The number of hydrogen-bond donors (Lipinski definition) is 0. The molecule has 0 atom stereocenters. The summed E-state index contributed by atoms with van der Waals surface area (Å²) in [5.74, 6) is -1.93. The van der Waals surface area contributed by atoms with Crippen LogP contribution in [-0.2, 0) is 0 Å². The Hall–Kier alpha value is -2.90. The van der Waals surface area contributed by atoms with Gasteiger partial charge >= 0.3 is 5.69 Å². The van der Waals surface area contributed by atoms with Gasteiger partial charge in [0.15, 0.2) is 17.5 Å². The number of aromatic nitrogens is 3. The van der Waals surface area contributed by atoms with Gasteiger partial charge in [0.2, 0.25) is 5.65 Å². The maximum Gasteiger partial charge on any atom is 0.313 e. The van der Waals surface area contributed by atoms with E-state index in [1.54, 1.807) is 0 Å². The van der Waals surface area contributed by atoms with Gasteiger partial charge in [-0.1, -0.05) is 0 Å². The Morgan fingerprint density at radius 3 is 2.70 bits per heavy atom. The molecule has 3 aromatic rings. The molecule has 0 unspecified atom stereocenters. The summed E-state index contributed by atoms with van der Waals surface area (Å²) in [7, 11) is 0. The number of rotatable bonds is 2. The summed E-state index contributed by atoms with van der Waals surface area (Å²) in [5, 5.41) is 14.9. The number of pyridine rings is 1. The van der Waals surface area contributed by atoms with Crippen LogP contribution in [-0.4, -0.2) is 19.5 Å². The van der Waals surface area contributed by atoms with Crippen LogP contribution in [0.4, 0.5) is 14.5 Å². The average molecular weight is 276 g/mol. The second kappa shape index (κ2) is 4.34. The predicted molar refractivity (Wildman–Crippen MR) is 65.0 cm³/mol. The van der Waals surface area contributed by atoms with E-state index in [2.05, 4.69) is 10.1 Å². The molecule has 0 amide bonds. The Balaban J connectivity index is 2.20. The van der Waals surface area contributed by atoms with Crippen LogP contribution < -0.4 is 0 Å². The van der Waals surface area contributed by atoms with Crippen molar-refractivity contribution in [3.8, 4) is 11.4 Å². The lowest BCUT2D eigenvalue weighted by Gasteiger charge is -1.95. The molecule has 0 saturated carbocycles. The van der Waals surface area contributed by atoms with E-state index in [0.717, 1.165) is 12.1 Å². The van der Waals surface area contributed by atoms with Crippen LogP contribution >= 0.6 is 0 Å². The van der Waals surface area contributed by atoms with Crippen molar-refractivity contribution < 1.29 is 13.7 Å². The van der Waals surface area contributed by atoms with Crippen LogP contribution in [0.25, 0.3) is 17.0 Å². The minimum absolute atomic E-state index is 0.0391. The van der Waals surface area contributed by atoms with Crippen LogP contribution in [0.5, 0.6) is 0 Å². The summed E-state index contributed by atoms with van der Waals surface area (Å²) in [5.41, 5.74) is 0.0629. The third-order valence-corrected chi connectivity index (χ3v) is 2.72. The van der Waals surface area contributed by atoms with Crippen molar-refractivity contribution >= 4 is 11.3 Å². The molecule has 0 spiro atoms. The molecular formula is C12H6F2N4O2. The third kappa shape index (κ3) is 1.87. The highest BCUT2D eigenvalue weighted by atomic mass is 19.2. The fraction of sp³-hybridized carbons (Fsp3) is 0. The van der Waals surface area contributed by atoms with Crippen molar-refractivity contribution in [3.63, 3.8) is 0 Å². The fourth-order valence-corrected chi connectivity index (χ4v) is 1.79. The van der Waals surface area contributed by atoms with E-state index in [1.807, 2.05) is 0 Å². The number of nitrogens with zero attached hydrogens (tertiary/aromatic N) is 4. The summed E-state index contributed by atoms with van der Waals surface area (Å²) < 4.78 is 27.3. The molecule has 0 aliphatic carbocycles. The quantitative estimate of drug-likeness (QED) is 0.532. The first-order valence-corrected chi connectivity index (χ1v) is 5.51. The lowest BCUT2D eigenvalue weighted by atomic mass is 10.2. The number of nitro groups is 1. The highest BCUT2D eigenvalue weighted by Crippen LogP contribution is 2.23. The largest absolute Gasteiger partial charge is 0.313 e. The maximum atomic E-state index is 13.2. The summed E-state index contributed by atoms with van der Waals surface area (Å²) in [6.07, 6.45) is 1.48. The van der Waals surface area contributed by atoms with Gasteiger partial charge in [-0.05, 0) is 24.3 Å². The minimum Gasteiger partial charge on any atom is -0.258 e. The fourth-order valence-electron chi connectivity index (χ4n) is 1.79. The number of halogens is 2. The molecule has 3 rings (SSSR count). The Labute approximate surface area is 110 Å². The molecule has 0 fully saturated rings. The zero-order chi connectivity index (χ0) is 14.3. The van der Waals surface area contributed by atoms with Crippen LogP contribution in [0.3, 0.4) is 0 Å². The monoisotopic (exact) mass is 276 g/mol. The lowest BCUT2D eigenvalue weighted by molar-refractivity contribution is -0.383. The molecule has 20 heavy (non-hydrogen) atoms. The summed E-state index contributed by atoms with van der Waals surface area (Å²) >= 11 is 0. The molecule has 0 aliphatic rings. The smallest absolute Gasteiger partial charge is 0.258 e. The van der Waals surface area contributed by atoms with Crippen molar-refractivity contribution in [3.05, 3.63) is 58.3 Å². The molecule has 6 nitrogen and oxygen atoms in total. The minimum atomic E-state index is -1.03. The van der Waals surface area contributed by atoms with Crippen molar-refractivity contribution in [2.75, 3.05) is 0 Å². The van der Waals surface area contributed by atoms with E-state index in [4.69, 9.17) is 0 Å². The number of benzene rings is 1. The summed E-state index contributed by atoms with van der Waals surface area (Å²) in [4.78, 5) is 14.3. The highest BCUT2D eigenvalue weighted by Gasteiger charge is 2.17. The standard InChI is InChI=1S/C12H6F2N4O2/c13-8-4-3-7(6-9(8)14)11-15-12-10(18(19)20)2-1-5-17(12)16-11/h1-6H. The van der Waals surface area contributed by atoms with Crippen LogP contribution in [0.15, 0.2) is 36.5 Å². The normalized spacial score (nSPS) is 10.9. The molecule has 2 heterocycles. The van der Waals surface area contributed by atoms with Crippen molar-refractivity contribution in [1.29, 1.82) is 0 Å². The van der Waals surface area contributed by atoms with Crippen molar-refractivity contribution in [1.82, 2.24) is 14.6 Å². The van der Waals surface area contributed by atoms with E-state index in [9.17, 15) is 18.9 Å². The topological polar surface area (TPSA) is 73.3 Å². The maximum absolute atomic E-state index is 13.2. The van der Waals surface area contributed by atoms with Gasteiger partial charge < -0.3 is 0 Å². The van der Waals surface area contributed by atoms with Gasteiger partial charge in [0, 0.05) is 17.8 Å². The summed E-state index contributed by atoms with van der Waals surface area (Å²) in [6.45, 7) is 0. The molecule has 0 radical (unpaired) electrons. The van der Waals surface area contributed by atoms with E-state index in [-0.39, 0.29) is 22.7 Å². The summed E-state index contributed by atoms with van der Waals surface area (Å²) in [6, 6.07) is 5.94. The molecule has 2 aromatic heterocycles. The molecule has 0 N–H and O–H groups in total. The molecule has 0 aliphatic heterocycles. The van der Waals surface area contributed by atoms with Gasteiger partial charge in [0.05, 0.1) is 4.92 Å². The first-order valence-electron chi connectivity index (χ1n) is 5.51. The molecule has 1 aromatic carbocycles. The second-order valence-electron chi connectivity index (χ2n) is 3.98. The average Bonchev–Trinajstić information content (AvgIpc) is 2.85. The first-order chi connectivity index (χ1) is 9.56. The first kappa shape index (κ1) is 12.2. The van der Waals surface area contributed by atoms with Crippen LogP contribution in [0.1, 0.15) is 0 Å². The van der Waals surface area contributed by atoms with Gasteiger partial charge in [0.25, 0.3) is 0 Å². The van der Waals surface area contributed by atoms with Crippen molar-refractivity contribution in [2.24, 2.45) is 0 Å². The lowest BCUT2D eigenvalue weighted by Crippen LogP contribution is -1.93. The Bertz CT molecular complexity index is 831. The van der Waals surface area contributed by atoms with E-state index in [0.29, 0.717) is 0 Å². The predicted octanol–water partition coefficient (Wildman–Crippen LogP) is 2.58. The molecule has 8 heteroatoms. The van der Waals surface area contributed by atoms with E-state index < -0.39 is 16.6 Å². The Morgan fingerprint density at radius 2 is 2.00 bits per heavy atom. The number of fused-ring (bicyclic) bond motifs is 1.